The first-order valence-corrected chi connectivity index (χ1v) is 9.46. The monoisotopic (exact) mass is 379 g/mol. The number of para-hydroxylation sites is 1. The summed E-state index contributed by atoms with van der Waals surface area (Å²) in [5.74, 6) is 0.412. The van der Waals surface area contributed by atoms with Gasteiger partial charge in [-0.3, -0.25) is 0 Å². The van der Waals surface area contributed by atoms with Crippen LogP contribution >= 0.6 is 0 Å². The lowest BCUT2D eigenvalue weighted by molar-refractivity contribution is 0.610. The molecule has 3 rings (SSSR count). The zero-order valence-electron chi connectivity index (χ0n) is 16.5. The summed E-state index contributed by atoms with van der Waals surface area (Å²) in [6.45, 7) is 7.67. The molecule has 0 unspecified atom stereocenters. The summed E-state index contributed by atoms with van der Waals surface area (Å²) in [4.78, 5) is 4.51. The van der Waals surface area contributed by atoms with Gasteiger partial charge in [-0.25, -0.2) is 14.1 Å². The summed E-state index contributed by atoms with van der Waals surface area (Å²) in [5.41, 5.74) is 4.79. The van der Waals surface area contributed by atoms with Gasteiger partial charge in [0.1, 0.15) is 5.82 Å². The van der Waals surface area contributed by atoms with E-state index in [0.29, 0.717) is 18.1 Å². The molecule has 0 saturated heterocycles. The lowest BCUT2D eigenvalue weighted by Gasteiger charge is -2.12. The maximum Gasteiger partial charge on any atom is 0.191 e. The fourth-order valence-corrected chi connectivity index (χ4v) is 3.06. The van der Waals surface area contributed by atoms with Gasteiger partial charge in [-0.15, -0.1) is 0 Å². The van der Waals surface area contributed by atoms with Crippen molar-refractivity contribution < 1.29 is 4.39 Å². The Morgan fingerprint density at radius 2 is 1.75 bits per heavy atom. The van der Waals surface area contributed by atoms with E-state index in [2.05, 4.69) is 27.6 Å². The van der Waals surface area contributed by atoms with Crippen LogP contribution in [0.3, 0.4) is 0 Å². The Balaban J connectivity index is 1.74. The van der Waals surface area contributed by atoms with Crippen molar-refractivity contribution in [3.8, 4) is 5.69 Å². The number of nitrogens with one attached hydrogen (secondary N) is 2. The van der Waals surface area contributed by atoms with Gasteiger partial charge in [0.2, 0.25) is 0 Å². The molecule has 0 atom stereocenters. The van der Waals surface area contributed by atoms with Crippen LogP contribution in [0.4, 0.5) is 4.39 Å². The molecule has 2 N–H and O–H groups in total. The van der Waals surface area contributed by atoms with E-state index < -0.39 is 0 Å². The minimum atomic E-state index is -0.238. The molecule has 0 aliphatic rings. The van der Waals surface area contributed by atoms with Crippen molar-refractivity contribution in [2.75, 3.05) is 6.54 Å². The van der Waals surface area contributed by atoms with Crippen molar-refractivity contribution >= 4 is 5.96 Å². The summed E-state index contributed by atoms with van der Waals surface area (Å²) in [6, 6.07) is 16.8. The Morgan fingerprint density at radius 1 is 1.04 bits per heavy atom. The zero-order valence-corrected chi connectivity index (χ0v) is 16.5. The largest absolute Gasteiger partial charge is 0.357 e. The van der Waals surface area contributed by atoms with E-state index >= 15 is 0 Å². The first kappa shape index (κ1) is 19.6. The summed E-state index contributed by atoms with van der Waals surface area (Å²) >= 11 is 0. The van der Waals surface area contributed by atoms with Gasteiger partial charge in [-0.2, -0.15) is 5.10 Å². The standard InChI is InChI=1S/C22H26FN5/c1-4-24-22(25-14-18-10-8-9-13-21(18)23)26-15-20-16(2)27-28(17(20)3)19-11-6-5-7-12-19/h5-13H,4,14-15H2,1-3H3,(H2,24,25,26). The van der Waals surface area contributed by atoms with Crippen LogP contribution in [0.25, 0.3) is 5.69 Å². The van der Waals surface area contributed by atoms with Crippen LogP contribution in [0.1, 0.15) is 29.4 Å². The molecule has 28 heavy (non-hydrogen) atoms. The summed E-state index contributed by atoms with van der Waals surface area (Å²) < 4.78 is 15.8. The molecule has 0 fully saturated rings. The zero-order chi connectivity index (χ0) is 19.9. The number of aliphatic imine (C=N–C) groups is 1. The fourth-order valence-electron chi connectivity index (χ4n) is 3.06. The summed E-state index contributed by atoms with van der Waals surface area (Å²) in [5, 5.41) is 11.2. The number of aryl methyl sites for hydroxylation is 1. The first-order valence-electron chi connectivity index (χ1n) is 9.46. The Hall–Kier alpha value is -3.15. The molecule has 1 heterocycles. The SMILES string of the molecule is CCNC(=NCc1ccccc1F)NCc1c(C)nn(-c2ccccc2)c1C. The maximum atomic E-state index is 13.8. The molecule has 1 aromatic heterocycles. The summed E-state index contributed by atoms with van der Waals surface area (Å²) in [7, 11) is 0. The van der Waals surface area contributed by atoms with Gasteiger partial charge in [0, 0.05) is 29.9 Å². The van der Waals surface area contributed by atoms with Crippen LogP contribution in [0.2, 0.25) is 0 Å². The highest BCUT2D eigenvalue weighted by atomic mass is 19.1. The van der Waals surface area contributed by atoms with E-state index in [0.717, 1.165) is 29.2 Å². The molecule has 146 valence electrons. The predicted molar refractivity (Wildman–Crippen MR) is 111 cm³/mol. The van der Waals surface area contributed by atoms with Gasteiger partial charge in [-0.05, 0) is 39.0 Å². The molecular weight excluding hydrogens is 353 g/mol. The normalized spacial score (nSPS) is 11.5. The molecule has 0 amide bonds. The van der Waals surface area contributed by atoms with Crippen LogP contribution in [0.15, 0.2) is 59.6 Å². The second-order valence-electron chi connectivity index (χ2n) is 6.54. The summed E-state index contributed by atoms with van der Waals surface area (Å²) in [6.07, 6.45) is 0. The van der Waals surface area contributed by atoms with E-state index in [1.54, 1.807) is 12.1 Å². The van der Waals surface area contributed by atoms with Crippen LogP contribution in [-0.4, -0.2) is 22.3 Å². The number of guanidine groups is 1. The number of hydrogen-bond acceptors (Lipinski definition) is 2. The van der Waals surface area contributed by atoms with Gasteiger partial charge in [0.15, 0.2) is 5.96 Å². The van der Waals surface area contributed by atoms with Crippen LogP contribution in [0.5, 0.6) is 0 Å². The molecular formula is C22H26FN5. The average molecular weight is 379 g/mol. The molecule has 0 radical (unpaired) electrons. The van der Waals surface area contributed by atoms with Crippen LogP contribution in [0, 0.1) is 19.7 Å². The minimum Gasteiger partial charge on any atom is -0.357 e. The van der Waals surface area contributed by atoms with Crippen molar-refractivity contribution in [2.24, 2.45) is 4.99 Å². The number of aromatic nitrogens is 2. The van der Waals surface area contributed by atoms with Crippen molar-refractivity contribution in [2.45, 2.75) is 33.9 Å². The highest BCUT2D eigenvalue weighted by molar-refractivity contribution is 5.79. The molecule has 0 aliphatic carbocycles. The van der Waals surface area contributed by atoms with Crippen molar-refractivity contribution in [3.05, 3.63) is 82.9 Å². The highest BCUT2D eigenvalue weighted by Gasteiger charge is 2.13. The number of benzene rings is 2. The third-order valence-corrected chi connectivity index (χ3v) is 4.58. The molecule has 5 nitrogen and oxygen atoms in total. The third-order valence-electron chi connectivity index (χ3n) is 4.58. The fraction of sp³-hybridized carbons (Fsp3) is 0.273. The second kappa shape index (κ2) is 9.17. The quantitative estimate of drug-likeness (QED) is 0.505. The average Bonchev–Trinajstić information content (AvgIpc) is 2.99. The van der Waals surface area contributed by atoms with Gasteiger partial charge in [-0.1, -0.05) is 36.4 Å². The van der Waals surface area contributed by atoms with Crippen molar-refractivity contribution in [3.63, 3.8) is 0 Å². The van der Waals surface area contributed by atoms with E-state index in [1.165, 1.54) is 6.07 Å². The van der Waals surface area contributed by atoms with Gasteiger partial charge in [0.25, 0.3) is 0 Å². The molecule has 6 heteroatoms. The Morgan fingerprint density at radius 3 is 2.46 bits per heavy atom. The van der Waals surface area contributed by atoms with Crippen LogP contribution < -0.4 is 10.6 Å². The molecule has 3 aromatic rings. The molecule has 0 aliphatic heterocycles. The van der Waals surface area contributed by atoms with Gasteiger partial charge < -0.3 is 10.6 Å². The molecule has 2 aromatic carbocycles. The molecule has 0 bridgehead atoms. The smallest absolute Gasteiger partial charge is 0.191 e. The van der Waals surface area contributed by atoms with E-state index in [1.807, 2.05) is 54.9 Å². The van der Waals surface area contributed by atoms with E-state index in [-0.39, 0.29) is 12.4 Å². The maximum absolute atomic E-state index is 13.8. The molecule has 0 saturated carbocycles. The lowest BCUT2D eigenvalue weighted by Crippen LogP contribution is -2.37. The number of halogens is 1. The van der Waals surface area contributed by atoms with E-state index in [4.69, 9.17) is 0 Å². The van der Waals surface area contributed by atoms with Crippen molar-refractivity contribution in [1.29, 1.82) is 0 Å². The lowest BCUT2D eigenvalue weighted by atomic mass is 10.2. The van der Waals surface area contributed by atoms with Crippen LogP contribution in [-0.2, 0) is 13.1 Å². The predicted octanol–water partition coefficient (Wildman–Crippen LogP) is 3.88. The minimum absolute atomic E-state index is 0.238. The van der Waals surface area contributed by atoms with Gasteiger partial charge >= 0.3 is 0 Å². The van der Waals surface area contributed by atoms with Crippen molar-refractivity contribution in [1.82, 2.24) is 20.4 Å². The number of rotatable bonds is 6. The van der Waals surface area contributed by atoms with E-state index in [9.17, 15) is 4.39 Å². The number of hydrogen-bond donors (Lipinski definition) is 2. The Labute approximate surface area is 165 Å². The number of nitrogens with zero attached hydrogens (tertiary/aromatic N) is 3. The molecule has 0 spiro atoms. The second-order valence-corrected chi connectivity index (χ2v) is 6.54. The Kier molecular flexibility index (Phi) is 6.42. The first-order chi connectivity index (χ1) is 13.6. The highest BCUT2D eigenvalue weighted by Crippen LogP contribution is 2.17. The topological polar surface area (TPSA) is 54.2 Å². The van der Waals surface area contributed by atoms with Gasteiger partial charge in [0.05, 0.1) is 17.9 Å². The Bertz CT molecular complexity index is 947. The third kappa shape index (κ3) is 4.57.